The number of rotatable bonds is 7. The minimum Gasteiger partial charge on any atom is -0.493 e. The molecule has 168 valence electrons. The predicted molar refractivity (Wildman–Crippen MR) is 133 cm³/mol. The zero-order valence-electron chi connectivity index (χ0n) is 18.8. The molecule has 4 aromatic rings. The molecular weight excluding hydrogens is 426 g/mol. The van der Waals surface area contributed by atoms with E-state index in [1.165, 1.54) is 12.8 Å². The van der Waals surface area contributed by atoms with E-state index in [1.54, 1.807) is 49.6 Å². The first kappa shape index (κ1) is 21.5. The van der Waals surface area contributed by atoms with Gasteiger partial charge in [0, 0.05) is 5.56 Å². The second kappa shape index (κ2) is 9.29. The van der Waals surface area contributed by atoms with Gasteiger partial charge < -0.3 is 13.9 Å². The summed E-state index contributed by atoms with van der Waals surface area (Å²) in [6.45, 7) is 0.656. The lowest BCUT2D eigenvalue weighted by Crippen LogP contribution is -2.07. The van der Waals surface area contributed by atoms with Crippen LogP contribution in [-0.4, -0.2) is 13.7 Å². The quantitative estimate of drug-likeness (QED) is 0.331. The summed E-state index contributed by atoms with van der Waals surface area (Å²) in [5.41, 5.74) is 2.89. The summed E-state index contributed by atoms with van der Waals surface area (Å²) in [5, 5.41) is 9.66. The van der Waals surface area contributed by atoms with Crippen LogP contribution < -0.4 is 14.9 Å². The Hall–Kier alpha value is -4.30. The third-order valence-electron chi connectivity index (χ3n) is 5.93. The van der Waals surface area contributed by atoms with E-state index >= 15 is 0 Å². The van der Waals surface area contributed by atoms with Crippen LogP contribution >= 0.6 is 0 Å². The SMILES string of the molecule is COc1cccc(C=Cc2oc3ccccc3c(=O)c2-c2ccc(C#N)cc2)c1OCC1CC1. The van der Waals surface area contributed by atoms with Crippen LogP contribution in [0.25, 0.3) is 34.2 Å². The number of ether oxygens (including phenoxy) is 2. The predicted octanol–water partition coefficient (Wildman–Crippen LogP) is 6.30. The van der Waals surface area contributed by atoms with E-state index in [0.29, 0.717) is 57.4 Å². The second-order valence-electron chi connectivity index (χ2n) is 8.32. The van der Waals surface area contributed by atoms with Crippen molar-refractivity contribution >= 4 is 23.1 Å². The highest BCUT2D eigenvalue weighted by Crippen LogP contribution is 2.36. The van der Waals surface area contributed by atoms with E-state index in [9.17, 15) is 4.79 Å². The normalized spacial score (nSPS) is 13.2. The van der Waals surface area contributed by atoms with Crippen LogP contribution in [-0.2, 0) is 0 Å². The molecule has 5 heteroatoms. The number of hydrogen-bond donors (Lipinski definition) is 0. The highest BCUT2D eigenvalue weighted by molar-refractivity contribution is 5.87. The molecule has 1 fully saturated rings. The lowest BCUT2D eigenvalue weighted by atomic mass is 10.00. The Kier molecular flexibility index (Phi) is 5.88. The summed E-state index contributed by atoms with van der Waals surface area (Å²) in [6.07, 6.45) is 6.05. The molecule has 5 rings (SSSR count). The van der Waals surface area contributed by atoms with Crippen molar-refractivity contribution in [3.8, 4) is 28.7 Å². The molecule has 1 heterocycles. The van der Waals surface area contributed by atoms with Crippen molar-refractivity contribution in [1.29, 1.82) is 5.26 Å². The Morgan fingerprint density at radius 3 is 2.56 bits per heavy atom. The van der Waals surface area contributed by atoms with Gasteiger partial charge in [-0.1, -0.05) is 36.4 Å². The van der Waals surface area contributed by atoms with Gasteiger partial charge in [0.15, 0.2) is 11.5 Å². The van der Waals surface area contributed by atoms with Gasteiger partial charge in [0.05, 0.1) is 36.3 Å². The van der Waals surface area contributed by atoms with Gasteiger partial charge in [0.1, 0.15) is 11.3 Å². The average Bonchev–Trinajstić information content (AvgIpc) is 3.71. The highest BCUT2D eigenvalue weighted by atomic mass is 16.5. The van der Waals surface area contributed by atoms with E-state index < -0.39 is 0 Å². The van der Waals surface area contributed by atoms with Crippen LogP contribution in [0.4, 0.5) is 0 Å². The lowest BCUT2D eigenvalue weighted by Gasteiger charge is -2.13. The number of nitriles is 1. The molecule has 3 aromatic carbocycles. The molecule has 1 aromatic heterocycles. The Morgan fingerprint density at radius 1 is 1.03 bits per heavy atom. The molecule has 5 nitrogen and oxygen atoms in total. The zero-order chi connectivity index (χ0) is 23.5. The van der Waals surface area contributed by atoms with Crippen molar-refractivity contribution in [3.63, 3.8) is 0 Å². The number of nitrogens with zero attached hydrogens (tertiary/aromatic N) is 1. The summed E-state index contributed by atoms with van der Waals surface area (Å²) in [4.78, 5) is 13.5. The minimum absolute atomic E-state index is 0.123. The monoisotopic (exact) mass is 449 g/mol. The van der Waals surface area contributed by atoms with Crippen LogP contribution in [0.3, 0.4) is 0 Å². The molecule has 1 aliphatic carbocycles. The van der Waals surface area contributed by atoms with Gasteiger partial charge in [-0.15, -0.1) is 0 Å². The van der Waals surface area contributed by atoms with Gasteiger partial charge in [-0.3, -0.25) is 4.79 Å². The molecule has 0 spiro atoms. The standard InChI is InChI=1S/C29H23NO4/c1-32-26-8-4-5-22(29(26)33-18-20-9-10-20)15-16-25-27(21-13-11-19(17-30)12-14-21)28(31)23-6-2-3-7-24(23)34-25/h2-8,11-16,20H,9-10,18H2,1H3. The van der Waals surface area contributed by atoms with Crippen molar-refractivity contribution in [2.24, 2.45) is 5.92 Å². The summed E-state index contributed by atoms with van der Waals surface area (Å²) in [7, 11) is 1.62. The van der Waals surface area contributed by atoms with Gasteiger partial charge >= 0.3 is 0 Å². The molecule has 1 saturated carbocycles. The van der Waals surface area contributed by atoms with Crippen molar-refractivity contribution in [1.82, 2.24) is 0 Å². The topological polar surface area (TPSA) is 72.5 Å². The van der Waals surface area contributed by atoms with Crippen LogP contribution in [0, 0.1) is 17.2 Å². The molecule has 34 heavy (non-hydrogen) atoms. The molecule has 0 atom stereocenters. The molecule has 0 amide bonds. The molecule has 1 aliphatic rings. The third-order valence-corrected chi connectivity index (χ3v) is 5.93. The molecule has 0 aliphatic heterocycles. The molecule has 0 saturated heterocycles. The van der Waals surface area contributed by atoms with Gasteiger partial charge in [0.25, 0.3) is 0 Å². The first-order chi connectivity index (χ1) is 16.7. The fraction of sp³-hybridized carbons (Fsp3) is 0.172. The van der Waals surface area contributed by atoms with Gasteiger partial charge in [0.2, 0.25) is 5.43 Å². The fourth-order valence-corrected chi connectivity index (χ4v) is 3.89. The van der Waals surface area contributed by atoms with Crippen molar-refractivity contribution in [3.05, 3.63) is 93.8 Å². The average molecular weight is 450 g/mol. The maximum atomic E-state index is 13.5. The maximum Gasteiger partial charge on any atom is 0.201 e. The third kappa shape index (κ3) is 4.31. The van der Waals surface area contributed by atoms with E-state index in [1.807, 2.05) is 36.4 Å². The van der Waals surface area contributed by atoms with Gasteiger partial charge in [-0.25, -0.2) is 0 Å². The molecule has 0 bridgehead atoms. The second-order valence-corrected chi connectivity index (χ2v) is 8.32. The van der Waals surface area contributed by atoms with Crippen molar-refractivity contribution < 1.29 is 13.9 Å². The largest absolute Gasteiger partial charge is 0.493 e. The van der Waals surface area contributed by atoms with Crippen molar-refractivity contribution in [2.75, 3.05) is 13.7 Å². The number of hydrogen-bond acceptors (Lipinski definition) is 5. The Balaban J connectivity index is 1.62. The molecule has 0 radical (unpaired) electrons. The first-order valence-corrected chi connectivity index (χ1v) is 11.2. The van der Waals surface area contributed by atoms with Gasteiger partial charge in [-0.2, -0.15) is 5.26 Å². The zero-order valence-corrected chi connectivity index (χ0v) is 18.8. The number of para-hydroxylation sites is 2. The van der Waals surface area contributed by atoms with Crippen LogP contribution in [0.1, 0.15) is 29.7 Å². The molecule has 0 unspecified atom stereocenters. The van der Waals surface area contributed by atoms with Crippen molar-refractivity contribution in [2.45, 2.75) is 12.8 Å². The van der Waals surface area contributed by atoms with E-state index in [2.05, 4.69) is 6.07 Å². The fourth-order valence-electron chi connectivity index (χ4n) is 3.89. The lowest BCUT2D eigenvalue weighted by molar-refractivity contribution is 0.280. The summed E-state index contributed by atoms with van der Waals surface area (Å²) < 4.78 is 17.8. The summed E-state index contributed by atoms with van der Waals surface area (Å²) in [5.74, 6) is 2.37. The van der Waals surface area contributed by atoms with E-state index in [0.717, 1.165) is 5.56 Å². The molecular formula is C29H23NO4. The van der Waals surface area contributed by atoms with Crippen LogP contribution in [0.2, 0.25) is 0 Å². The van der Waals surface area contributed by atoms with E-state index in [-0.39, 0.29) is 5.43 Å². The Morgan fingerprint density at radius 2 is 1.82 bits per heavy atom. The first-order valence-electron chi connectivity index (χ1n) is 11.2. The summed E-state index contributed by atoms with van der Waals surface area (Å²) >= 11 is 0. The van der Waals surface area contributed by atoms with Crippen LogP contribution in [0.5, 0.6) is 11.5 Å². The Bertz CT molecular complexity index is 1470. The highest BCUT2D eigenvalue weighted by Gasteiger charge is 2.23. The number of benzene rings is 3. The minimum atomic E-state index is -0.123. The van der Waals surface area contributed by atoms with Gasteiger partial charge in [-0.05, 0) is 66.8 Å². The number of methoxy groups -OCH3 is 1. The maximum absolute atomic E-state index is 13.5. The number of fused-ring (bicyclic) bond motifs is 1. The summed E-state index contributed by atoms with van der Waals surface area (Å²) in [6, 6.07) is 22.0. The molecule has 0 N–H and O–H groups in total. The smallest absolute Gasteiger partial charge is 0.201 e. The van der Waals surface area contributed by atoms with E-state index in [4.69, 9.17) is 19.2 Å². The Labute approximate surface area is 197 Å². The van der Waals surface area contributed by atoms with Crippen LogP contribution in [0.15, 0.2) is 75.9 Å².